The zero-order chi connectivity index (χ0) is 21.3. The first-order chi connectivity index (χ1) is 14.6. The van der Waals surface area contributed by atoms with Gasteiger partial charge in [-0.2, -0.15) is 0 Å². The predicted molar refractivity (Wildman–Crippen MR) is 121 cm³/mol. The van der Waals surface area contributed by atoms with E-state index < -0.39 is 0 Å². The van der Waals surface area contributed by atoms with Crippen molar-refractivity contribution in [3.63, 3.8) is 0 Å². The van der Waals surface area contributed by atoms with E-state index in [1.165, 1.54) is 0 Å². The fraction of sp³-hybridized carbons (Fsp3) is 0.167. The van der Waals surface area contributed by atoms with Crippen molar-refractivity contribution < 1.29 is 14.3 Å². The van der Waals surface area contributed by atoms with Crippen LogP contribution in [-0.2, 0) is 13.2 Å². The Bertz CT molecular complexity index is 1040. The predicted octanol–water partition coefficient (Wildman–Crippen LogP) is 4.71. The largest absolute Gasteiger partial charge is 0.488 e. The second-order valence-corrected chi connectivity index (χ2v) is 7.47. The quantitative estimate of drug-likeness (QED) is 0.505. The maximum Gasteiger partial charge on any atom is 0.255 e. The van der Waals surface area contributed by atoms with Crippen molar-refractivity contribution in [1.29, 1.82) is 0 Å². The standard InChI is InChI=1S/C24H23BrN2O3/c1-2-26-23(28)18-10-7-8-17(14-18)15-27-24(29)20-11-4-6-13-22(20)30-16-19-9-3-5-12-21(19)25/h3-14H,2,15-16H2,1H3,(H,26,28)(H,27,29). The lowest BCUT2D eigenvalue weighted by atomic mass is 10.1. The number of nitrogens with one attached hydrogen (secondary N) is 2. The molecule has 0 saturated carbocycles. The number of benzene rings is 3. The Morgan fingerprint density at radius 1 is 0.900 bits per heavy atom. The van der Waals surface area contributed by atoms with Gasteiger partial charge in [0.05, 0.1) is 5.56 Å². The van der Waals surface area contributed by atoms with Crippen LogP contribution in [0.15, 0.2) is 77.3 Å². The van der Waals surface area contributed by atoms with E-state index in [9.17, 15) is 9.59 Å². The minimum Gasteiger partial charge on any atom is -0.488 e. The summed E-state index contributed by atoms with van der Waals surface area (Å²) in [6.07, 6.45) is 0. The Balaban J connectivity index is 1.66. The Hall–Kier alpha value is -3.12. The van der Waals surface area contributed by atoms with E-state index in [4.69, 9.17) is 4.74 Å². The summed E-state index contributed by atoms with van der Waals surface area (Å²) in [7, 11) is 0. The van der Waals surface area contributed by atoms with Gasteiger partial charge in [-0.1, -0.05) is 58.4 Å². The molecule has 0 aromatic heterocycles. The van der Waals surface area contributed by atoms with Crippen molar-refractivity contribution in [1.82, 2.24) is 10.6 Å². The molecule has 3 aromatic carbocycles. The summed E-state index contributed by atoms with van der Waals surface area (Å²) in [5.74, 6) is 0.152. The van der Waals surface area contributed by atoms with Crippen molar-refractivity contribution in [2.75, 3.05) is 6.54 Å². The number of hydrogen-bond donors (Lipinski definition) is 2. The van der Waals surface area contributed by atoms with Gasteiger partial charge < -0.3 is 15.4 Å². The molecule has 0 saturated heterocycles. The topological polar surface area (TPSA) is 67.4 Å². The number of rotatable bonds is 8. The van der Waals surface area contributed by atoms with E-state index >= 15 is 0 Å². The average Bonchev–Trinajstić information content (AvgIpc) is 2.77. The highest BCUT2D eigenvalue weighted by Crippen LogP contribution is 2.22. The lowest BCUT2D eigenvalue weighted by Gasteiger charge is -2.13. The summed E-state index contributed by atoms with van der Waals surface area (Å²) < 4.78 is 6.87. The molecule has 0 spiro atoms. The number of ether oxygens (including phenoxy) is 1. The highest BCUT2D eigenvalue weighted by molar-refractivity contribution is 9.10. The zero-order valence-corrected chi connectivity index (χ0v) is 18.2. The molecule has 6 heteroatoms. The molecule has 0 unspecified atom stereocenters. The molecule has 0 heterocycles. The normalized spacial score (nSPS) is 10.3. The summed E-state index contributed by atoms with van der Waals surface area (Å²) in [6, 6.07) is 22.2. The molecule has 5 nitrogen and oxygen atoms in total. The Morgan fingerprint density at radius 3 is 2.47 bits per heavy atom. The van der Waals surface area contributed by atoms with Gasteiger partial charge in [0.2, 0.25) is 0 Å². The van der Waals surface area contributed by atoms with Gasteiger partial charge in [0.25, 0.3) is 11.8 Å². The molecule has 2 N–H and O–H groups in total. The Labute approximate surface area is 184 Å². The van der Waals surface area contributed by atoms with Crippen LogP contribution in [0.2, 0.25) is 0 Å². The van der Waals surface area contributed by atoms with Gasteiger partial charge in [-0.05, 0) is 42.8 Å². The molecule has 3 rings (SSSR count). The minimum absolute atomic E-state index is 0.128. The summed E-state index contributed by atoms with van der Waals surface area (Å²) in [5, 5.41) is 5.68. The van der Waals surface area contributed by atoms with Crippen LogP contribution in [0.1, 0.15) is 38.8 Å². The lowest BCUT2D eigenvalue weighted by Crippen LogP contribution is -2.25. The van der Waals surface area contributed by atoms with E-state index in [2.05, 4.69) is 26.6 Å². The molecule has 30 heavy (non-hydrogen) atoms. The van der Waals surface area contributed by atoms with Gasteiger partial charge >= 0.3 is 0 Å². The van der Waals surface area contributed by atoms with Crippen molar-refractivity contribution in [2.24, 2.45) is 0 Å². The van der Waals surface area contributed by atoms with E-state index in [0.717, 1.165) is 15.6 Å². The molecule has 0 fully saturated rings. The van der Waals surface area contributed by atoms with Crippen molar-refractivity contribution in [3.8, 4) is 5.75 Å². The fourth-order valence-corrected chi connectivity index (χ4v) is 3.31. The third kappa shape index (κ3) is 5.70. The lowest BCUT2D eigenvalue weighted by molar-refractivity contribution is 0.0943. The van der Waals surface area contributed by atoms with Crippen LogP contribution >= 0.6 is 15.9 Å². The van der Waals surface area contributed by atoms with Gasteiger partial charge in [-0.15, -0.1) is 0 Å². The summed E-state index contributed by atoms with van der Waals surface area (Å²) >= 11 is 3.51. The monoisotopic (exact) mass is 466 g/mol. The summed E-state index contributed by atoms with van der Waals surface area (Å²) in [5.41, 5.74) is 2.87. The molecule has 0 bridgehead atoms. The molecule has 0 aliphatic heterocycles. The molecule has 0 radical (unpaired) electrons. The van der Waals surface area contributed by atoms with E-state index in [-0.39, 0.29) is 11.8 Å². The molecular formula is C24H23BrN2O3. The molecule has 0 atom stereocenters. The fourth-order valence-electron chi connectivity index (χ4n) is 2.91. The van der Waals surface area contributed by atoms with E-state index in [1.807, 2.05) is 43.3 Å². The van der Waals surface area contributed by atoms with Gasteiger partial charge in [-0.3, -0.25) is 9.59 Å². The molecule has 0 aliphatic carbocycles. The SMILES string of the molecule is CCNC(=O)c1cccc(CNC(=O)c2ccccc2OCc2ccccc2Br)c1. The Morgan fingerprint density at radius 2 is 1.67 bits per heavy atom. The second kappa shape index (κ2) is 10.6. The molecule has 0 aliphatic rings. The van der Waals surface area contributed by atoms with Gasteiger partial charge in [0, 0.05) is 28.7 Å². The third-order valence-electron chi connectivity index (χ3n) is 4.45. The highest BCUT2D eigenvalue weighted by atomic mass is 79.9. The van der Waals surface area contributed by atoms with Crippen LogP contribution in [0.25, 0.3) is 0 Å². The third-order valence-corrected chi connectivity index (χ3v) is 5.23. The van der Waals surface area contributed by atoms with Crippen LogP contribution in [0.5, 0.6) is 5.75 Å². The first kappa shape index (κ1) is 21.6. The van der Waals surface area contributed by atoms with Gasteiger partial charge in [0.1, 0.15) is 12.4 Å². The van der Waals surface area contributed by atoms with Crippen molar-refractivity contribution in [2.45, 2.75) is 20.1 Å². The summed E-state index contributed by atoms with van der Waals surface area (Å²) in [6.45, 7) is 3.10. The van der Waals surface area contributed by atoms with Crippen LogP contribution < -0.4 is 15.4 Å². The van der Waals surface area contributed by atoms with Gasteiger partial charge in [0.15, 0.2) is 0 Å². The number of amides is 2. The second-order valence-electron chi connectivity index (χ2n) is 6.62. The number of carbonyl (C=O) groups excluding carboxylic acids is 2. The first-order valence-electron chi connectivity index (χ1n) is 9.69. The number of halogens is 1. The van der Waals surface area contributed by atoms with E-state index in [0.29, 0.717) is 36.6 Å². The number of para-hydroxylation sites is 1. The van der Waals surface area contributed by atoms with Crippen LogP contribution in [0, 0.1) is 0 Å². The number of carbonyl (C=O) groups is 2. The zero-order valence-electron chi connectivity index (χ0n) is 16.7. The van der Waals surface area contributed by atoms with E-state index in [1.54, 1.807) is 36.4 Å². The maximum absolute atomic E-state index is 12.8. The minimum atomic E-state index is -0.235. The maximum atomic E-state index is 12.8. The molecular weight excluding hydrogens is 444 g/mol. The van der Waals surface area contributed by atoms with Crippen LogP contribution in [0.3, 0.4) is 0 Å². The summed E-state index contributed by atoms with van der Waals surface area (Å²) in [4.78, 5) is 24.8. The number of hydrogen-bond acceptors (Lipinski definition) is 3. The van der Waals surface area contributed by atoms with Crippen molar-refractivity contribution >= 4 is 27.7 Å². The van der Waals surface area contributed by atoms with Crippen LogP contribution in [-0.4, -0.2) is 18.4 Å². The van der Waals surface area contributed by atoms with Crippen molar-refractivity contribution in [3.05, 3.63) is 99.5 Å². The Kier molecular flexibility index (Phi) is 7.63. The highest BCUT2D eigenvalue weighted by Gasteiger charge is 2.13. The average molecular weight is 467 g/mol. The van der Waals surface area contributed by atoms with Crippen LogP contribution in [0.4, 0.5) is 0 Å². The smallest absolute Gasteiger partial charge is 0.255 e. The molecule has 3 aromatic rings. The van der Waals surface area contributed by atoms with Gasteiger partial charge in [-0.25, -0.2) is 0 Å². The molecule has 154 valence electrons. The first-order valence-corrected chi connectivity index (χ1v) is 10.5. The molecule has 2 amide bonds.